The summed E-state index contributed by atoms with van der Waals surface area (Å²) in [5, 5.41) is 0. The Morgan fingerprint density at radius 2 is 1.23 bits per heavy atom. The van der Waals surface area contributed by atoms with Crippen molar-refractivity contribution in [2.75, 3.05) is 26.4 Å². The molecule has 1 fully saturated rings. The number of ether oxygens (including phenoxy) is 3. The molecule has 0 spiro atoms. The van der Waals surface area contributed by atoms with E-state index in [1.807, 2.05) is 0 Å². The lowest BCUT2D eigenvalue weighted by Crippen LogP contribution is -2.11. The monoisotopic (exact) mass is 188 g/mol. The number of carbonyl (C=O) groups excluding carboxylic acids is 1. The Bertz CT molecular complexity index is 133. The highest BCUT2D eigenvalue weighted by Gasteiger charge is 2.03. The van der Waals surface area contributed by atoms with E-state index in [0.29, 0.717) is 13.2 Å². The smallest absolute Gasteiger partial charge is 0.434 e. The third-order valence-corrected chi connectivity index (χ3v) is 1.81. The fourth-order valence-corrected chi connectivity index (χ4v) is 1.07. The van der Waals surface area contributed by atoms with Crippen molar-refractivity contribution in [1.82, 2.24) is 0 Å². The topological polar surface area (TPSA) is 44.8 Å². The van der Waals surface area contributed by atoms with Gasteiger partial charge in [0.2, 0.25) is 0 Å². The molecule has 0 bridgehead atoms. The molecule has 0 N–H and O–H groups in total. The van der Waals surface area contributed by atoms with Crippen LogP contribution in [0, 0.1) is 0 Å². The molecule has 0 saturated carbocycles. The second-order valence-corrected chi connectivity index (χ2v) is 2.97. The summed E-state index contributed by atoms with van der Waals surface area (Å²) in [5.41, 5.74) is 0. The van der Waals surface area contributed by atoms with Crippen LogP contribution >= 0.6 is 0 Å². The van der Waals surface area contributed by atoms with Gasteiger partial charge in [0.05, 0.1) is 13.2 Å². The summed E-state index contributed by atoms with van der Waals surface area (Å²) < 4.78 is 14.9. The molecule has 0 unspecified atom stereocenters. The molecule has 1 aliphatic rings. The molecule has 1 heterocycles. The van der Waals surface area contributed by atoms with Crippen molar-refractivity contribution in [3.8, 4) is 0 Å². The van der Waals surface area contributed by atoms with Crippen LogP contribution in [0.2, 0.25) is 0 Å². The van der Waals surface area contributed by atoms with E-state index in [1.54, 1.807) is 0 Å². The van der Waals surface area contributed by atoms with E-state index < -0.39 is 6.16 Å². The van der Waals surface area contributed by atoms with Gasteiger partial charge >= 0.3 is 6.16 Å². The molecule has 1 aliphatic heterocycles. The van der Waals surface area contributed by atoms with Crippen molar-refractivity contribution in [3.63, 3.8) is 0 Å². The van der Waals surface area contributed by atoms with E-state index in [1.165, 1.54) is 0 Å². The molecule has 4 heteroatoms. The highest BCUT2D eigenvalue weighted by molar-refractivity contribution is 5.59. The predicted octanol–water partition coefficient (Wildman–Crippen LogP) is 1.73. The van der Waals surface area contributed by atoms with Crippen LogP contribution in [0.1, 0.15) is 25.7 Å². The molecule has 0 aromatic rings. The summed E-state index contributed by atoms with van der Waals surface area (Å²) >= 11 is 0. The number of cyclic esters (lactones) is 2. The Labute approximate surface area is 78.2 Å². The number of hydrogen-bond acceptors (Lipinski definition) is 4. The summed E-state index contributed by atoms with van der Waals surface area (Å²) in [6.45, 7) is 2.39. The summed E-state index contributed by atoms with van der Waals surface area (Å²) in [7, 11) is 0. The Kier molecular flexibility index (Phi) is 5.33. The van der Waals surface area contributed by atoms with Gasteiger partial charge in [-0.3, -0.25) is 0 Å². The quantitative estimate of drug-likeness (QED) is 0.543. The van der Waals surface area contributed by atoms with Gasteiger partial charge in [-0.25, -0.2) is 4.79 Å². The summed E-state index contributed by atoms with van der Waals surface area (Å²) in [4.78, 5) is 10.8. The van der Waals surface area contributed by atoms with Crippen molar-refractivity contribution in [1.29, 1.82) is 0 Å². The van der Waals surface area contributed by atoms with Crippen LogP contribution in [0.4, 0.5) is 4.79 Å². The van der Waals surface area contributed by atoms with E-state index in [-0.39, 0.29) is 0 Å². The predicted molar refractivity (Wildman–Crippen MR) is 46.6 cm³/mol. The van der Waals surface area contributed by atoms with Crippen LogP contribution in [-0.4, -0.2) is 32.6 Å². The molecule has 0 aromatic heterocycles. The van der Waals surface area contributed by atoms with Crippen LogP contribution in [-0.2, 0) is 14.2 Å². The van der Waals surface area contributed by atoms with Gasteiger partial charge in [-0.05, 0) is 25.7 Å². The van der Waals surface area contributed by atoms with Crippen LogP contribution in [0.5, 0.6) is 0 Å². The molecule has 0 aliphatic carbocycles. The van der Waals surface area contributed by atoms with Gasteiger partial charge in [-0.2, -0.15) is 0 Å². The van der Waals surface area contributed by atoms with Crippen LogP contribution in [0.15, 0.2) is 0 Å². The largest absolute Gasteiger partial charge is 0.508 e. The van der Waals surface area contributed by atoms with Gasteiger partial charge in [0, 0.05) is 13.2 Å². The SMILES string of the molecule is O=C1OCCCCOCCCCO1. The van der Waals surface area contributed by atoms with Crippen molar-refractivity contribution >= 4 is 6.16 Å². The van der Waals surface area contributed by atoms with Crippen LogP contribution in [0.3, 0.4) is 0 Å². The van der Waals surface area contributed by atoms with Crippen LogP contribution in [0.25, 0.3) is 0 Å². The lowest BCUT2D eigenvalue weighted by Gasteiger charge is -2.09. The van der Waals surface area contributed by atoms with E-state index in [0.717, 1.165) is 38.9 Å². The van der Waals surface area contributed by atoms with Gasteiger partial charge in [0.25, 0.3) is 0 Å². The third kappa shape index (κ3) is 5.47. The van der Waals surface area contributed by atoms with E-state index in [2.05, 4.69) is 0 Å². The second kappa shape index (κ2) is 6.71. The fraction of sp³-hybridized carbons (Fsp3) is 0.889. The second-order valence-electron chi connectivity index (χ2n) is 2.97. The molecule has 1 saturated heterocycles. The standard InChI is InChI=1S/C9H16O4/c10-9-12-7-3-1-5-11-6-2-4-8-13-9/h1-8H2. The lowest BCUT2D eigenvalue weighted by atomic mass is 10.3. The fourth-order valence-electron chi connectivity index (χ4n) is 1.07. The summed E-state index contributed by atoms with van der Waals surface area (Å²) in [6, 6.07) is 0. The van der Waals surface area contributed by atoms with Gasteiger partial charge < -0.3 is 14.2 Å². The molecule has 1 rings (SSSR count). The highest BCUT2D eigenvalue weighted by atomic mass is 16.7. The van der Waals surface area contributed by atoms with E-state index >= 15 is 0 Å². The van der Waals surface area contributed by atoms with Gasteiger partial charge in [-0.15, -0.1) is 0 Å². The average Bonchev–Trinajstić information content (AvgIpc) is 2.11. The van der Waals surface area contributed by atoms with Gasteiger partial charge in [0.1, 0.15) is 0 Å². The zero-order valence-corrected chi connectivity index (χ0v) is 7.79. The molecule has 0 atom stereocenters. The van der Waals surface area contributed by atoms with Crippen molar-refractivity contribution < 1.29 is 19.0 Å². The molecule has 13 heavy (non-hydrogen) atoms. The van der Waals surface area contributed by atoms with Crippen LogP contribution < -0.4 is 0 Å². The first-order chi connectivity index (χ1) is 6.39. The maximum Gasteiger partial charge on any atom is 0.508 e. The Balaban J connectivity index is 2.14. The molecule has 0 aromatic carbocycles. The maximum absolute atomic E-state index is 10.8. The Morgan fingerprint density at radius 3 is 1.77 bits per heavy atom. The maximum atomic E-state index is 10.8. The average molecular weight is 188 g/mol. The molecule has 0 amide bonds. The lowest BCUT2D eigenvalue weighted by molar-refractivity contribution is 0.0425. The first-order valence-electron chi connectivity index (χ1n) is 4.77. The molecular formula is C9H16O4. The van der Waals surface area contributed by atoms with Crippen molar-refractivity contribution in [2.45, 2.75) is 25.7 Å². The number of rotatable bonds is 0. The molecule has 76 valence electrons. The highest BCUT2D eigenvalue weighted by Crippen LogP contribution is 1.99. The minimum absolute atomic E-state index is 0.433. The normalized spacial score (nSPS) is 22.0. The zero-order chi connectivity index (χ0) is 9.36. The summed E-state index contributed by atoms with van der Waals surface area (Å²) in [6.07, 6.45) is 3.02. The molecule has 0 radical (unpaired) electrons. The Hall–Kier alpha value is -0.770. The number of hydrogen-bond donors (Lipinski definition) is 0. The number of carbonyl (C=O) groups is 1. The third-order valence-electron chi connectivity index (χ3n) is 1.81. The Morgan fingerprint density at radius 1 is 0.769 bits per heavy atom. The van der Waals surface area contributed by atoms with Crippen molar-refractivity contribution in [2.24, 2.45) is 0 Å². The first-order valence-corrected chi connectivity index (χ1v) is 4.77. The van der Waals surface area contributed by atoms with Gasteiger partial charge in [0.15, 0.2) is 0 Å². The van der Waals surface area contributed by atoms with E-state index in [4.69, 9.17) is 14.2 Å². The first kappa shape index (κ1) is 10.3. The molecular weight excluding hydrogens is 172 g/mol. The van der Waals surface area contributed by atoms with Crippen molar-refractivity contribution in [3.05, 3.63) is 0 Å². The summed E-state index contributed by atoms with van der Waals surface area (Å²) in [5.74, 6) is 0. The van der Waals surface area contributed by atoms with E-state index in [9.17, 15) is 4.79 Å². The van der Waals surface area contributed by atoms with Gasteiger partial charge in [-0.1, -0.05) is 0 Å². The minimum atomic E-state index is -0.540. The molecule has 4 nitrogen and oxygen atoms in total. The zero-order valence-electron chi connectivity index (χ0n) is 7.79. The minimum Gasteiger partial charge on any atom is -0.434 e.